The normalized spacial score (nSPS) is 27.4. The summed E-state index contributed by atoms with van der Waals surface area (Å²) in [4.78, 5) is 47.3. The van der Waals surface area contributed by atoms with Gasteiger partial charge < -0.3 is 19.8 Å². The van der Waals surface area contributed by atoms with Crippen LogP contribution in [0.2, 0.25) is 5.02 Å². The number of thioether (sulfide) groups is 1. The molecule has 0 radical (unpaired) electrons. The van der Waals surface area contributed by atoms with Gasteiger partial charge in [-0.25, -0.2) is 0 Å². The second kappa shape index (κ2) is 11.8. The fraction of sp³-hybridized carbons (Fsp3) is 0.552. The highest BCUT2D eigenvalue weighted by Crippen LogP contribution is 2.66. The second-order valence-electron chi connectivity index (χ2n) is 10.5. The Morgan fingerprint density at radius 3 is 2.61 bits per heavy atom. The molecule has 3 fully saturated rings. The molecule has 3 heterocycles. The number of aliphatic hydroxyl groups is 1. The summed E-state index contributed by atoms with van der Waals surface area (Å²) in [6.45, 7) is 10.7. The summed E-state index contributed by atoms with van der Waals surface area (Å²) in [5.41, 5.74) is 1.49. The molecule has 1 aromatic carbocycles. The highest BCUT2D eigenvalue weighted by Gasteiger charge is 2.74. The third kappa shape index (κ3) is 4.80. The zero-order valence-corrected chi connectivity index (χ0v) is 23.8. The van der Waals surface area contributed by atoms with Crippen molar-refractivity contribution < 1.29 is 19.5 Å². The average Bonchev–Trinajstić information content (AvgIpc) is 3.53. The number of anilines is 1. The van der Waals surface area contributed by atoms with Gasteiger partial charge in [0.1, 0.15) is 6.04 Å². The number of amides is 3. The van der Waals surface area contributed by atoms with Gasteiger partial charge in [0.15, 0.2) is 0 Å². The van der Waals surface area contributed by atoms with Crippen molar-refractivity contribution >= 4 is 46.8 Å². The van der Waals surface area contributed by atoms with Crippen LogP contribution < -0.4 is 4.90 Å². The Labute approximate surface area is 234 Å². The molecule has 3 aliphatic rings. The van der Waals surface area contributed by atoms with Gasteiger partial charge in [0.05, 0.1) is 27.3 Å². The number of para-hydroxylation sites is 1. The lowest BCUT2D eigenvalue weighted by Gasteiger charge is -2.38. The molecule has 0 saturated carbocycles. The van der Waals surface area contributed by atoms with E-state index in [1.807, 2.05) is 19.1 Å². The summed E-state index contributed by atoms with van der Waals surface area (Å²) in [5.74, 6) is -1.35. The van der Waals surface area contributed by atoms with Crippen molar-refractivity contribution in [2.45, 2.75) is 55.1 Å². The maximum atomic E-state index is 14.6. The first-order valence-corrected chi connectivity index (χ1v) is 14.6. The van der Waals surface area contributed by atoms with Gasteiger partial charge in [-0.2, -0.15) is 0 Å². The smallest absolute Gasteiger partial charge is 0.251 e. The highest BCUT2D eigenvalue weighted by atomic mass is 35.5. The molecule has 3 saturated heterocycles. The number of aryl methyl sites for hydroxylation is 1. The van der Waals surface area contributed by atoms with Gasteiger partial charge in [-0.15, -0.1) is 24.9 Å². The van der Waals surface area contributed by atoms with Gasteiger partial charge in [0.2, 0.25) is 11.8 Å². The SMILES string of the molecule is C=CCN(C)C(=O)[C@@H]1[C@@H]2CCC3(S2)C(C(=O)N(CC=C)c2c(C)cccc2Cl)N(CCCCCO)C(=O)[C@H]13. The standard InChI is InChI=1S/C29H38ClN3O4S/c1-5-15-31(4)26(35)22-21-13-14-29(38-21)23(22)27(36)33(17-8-7-9-18-34)25(29)28(37)32(16-6-2)24-19(3)11-10-12-20(24)30/h5-6,10-12,21-23,25,34H,1-2,7-9,13-18H2,3-4H3/t21-,22+,23-,25?,29?/m0/s1. The fourth-order valence-electron chi connectivity index (χ4n) is 6.60. The van der Waals surface area contributed by atoms with E-state index < -0.39 is 22.6 Å². The summed E-state index contributed by atoms with van der Waals surface area (Å²) in [5, 5.41) is 9.73. The topological polar surface area (TPSA) is 81.2 Å². The Hall–Kier alpha value is -2.29. The van der Waals surface area contributed by atoms with Crippen LogP contribution in [0.25, 0.3) is 0 Å². The molecule has 1 aromatic rings. The lowest BCUT2D eigenvalue weighted by molar-refractivity contribution is -0.143. The predicted octanol–water partition coefficient (Wildman–Crippen LogP) is 4.07. The largest absolute Gasteiger partial charge is 0.396 e. The maximum Gasteiger partial charge on any atom is 0.251 e. The van der Waals surface area contributed by atoms with E-state index in [-0.39, 0.29) is 36.1 Å². The van der Waals surface area contributed by atoms with Gasteiger partial charge in [0.25, 0.3) is 5.91 Å². The summed E-state index contributed by atoms with van der Waals surface area (Å²) in [7, 11) is 1.74. The summed E-state index contributed by atoms with van der Waals surface area (Å²) >= 11 is 8.28. The van der Waals surface area contributed by atoms with E-state index in [0.29, 0.717) is 43.1 Å². The zero-order valence-electron chi connectivity index (χ0n) is 22.3. The number of nitrogens with zero attached hydrogens (tertiary/aromatic N) is 3. The van der Waals surface area contributed by atoms with Crippen molar-refractivity contribution in [2.24, 2.45) is 11.8 Å². The fourth-order valence-corrected chi connectivity index (χ4v) is 9.13. The van der Waals surface area contributed by atoms with Crippen molar-refractivity contribution in [1.29, 1.82) is 0 Å². The number of unbranched alkanes of at least 4 members (excludes halogenated alkanes) is 2. The van der Waals surface area contributed by atoms with Crippen LogP contribution in [0.15, 0.2) is 43.5 Å². The lowest BCUT2D eigenvalue weighted by atomic mass is 9.70. The molecule has 5 atom stereocenters. The number of fused-ring (bicyclic) bond motifs is 1. The van der Waals surface area contributed by atoms with Crippen LogP contribution in [-0.4, -0.2) is 82.0 Å². The van der Waals surface area contributed by atoms with E-state index in [4.69, 9.17) is 11.6 Å². The highest BCUT2D eigenvalue weighted by molar-refractivity contribution is 8.02. The second-order valence-corrected chi connectivity index (χ2v) is 12.5. The molecule has 7 nitrogen and oxygen atoms in total. The van der Waals surface area contributed by atoms with Crippen LogP contribution in [0.5, 0.6) is 0 Å². The van der Waals surface area contributed by atoms with E-state index in [0.717, 1.165) is 18.4 Å². The Kier molecular flexibility index (Phi) is 8.95. The Balaban J connectivity index is 1.76. The average molecular weight is 560 g/mol. The predicted molar refractivity (Wildman–Crippen MR) is 153 cm³/mol. The van der Waals surface area contributed by atoms with Gasteiger partial charge in [-0.3, -0.25) is 14.4 Å². The monoisotopic (exact) mass is 559 g/mol. The van der Waals surface area contributed by atoms with Crippen LogP contribution in [0.4, 0.5) is 5.69 Å². The van der Waals surface area contributed by atoms with Gasteiger partial charge >= 0.3 is 0 Å². The number of rotatable bonds is 12. The molecule has 2 bridgehead atoms. The molecular formula is C29H38ClN3O4S. The third-order valence-electron chi connectivity index (χ3n) is 8.19. The molecule has 2 unspecified atom stereocenters. The molecule has 1 N–H and O–H groups in total. The van der Waals surface area contributed by atoms with Gasteiger partial charge in [-0.05, 0) is 50.7 Å². The summed E-state index contributed by atoms with van der Waals surface area (Å²) < 4.78 is -0.667. The van der Waals surface area contributed by atoms with Crippen molar-refractivity contribution in [3.05, 3.63) is 54.1 Å². The van der Waals surface area contributed by atoms with Crippen molar-refractivity contribution in [2.75, 3.05) is 38.2 Å². The minimum absolute atomic E-state index is 0.00505. The first-order chi connectivity index (χ1) is 18.2. The minimum Gasteiger partial charge on any atom is -0.396 e. The maximum absolute atomic E-state index is 14.6. The summed E-state index contributed by atoms with van der Waals surface area (Å²) in [6.07, 6.45) is 6.92. The number of benzene rings is 1. The molecule has 4 rings (SSSR count). The first kappa shape index (κ1) is 28.7. The quantitative estimate of drug-likeness (QED) is 0.308. The van der Waals surface area contributed by atoms with Crippen molar-refractivity contribution in [3.63, 3.8) is 0 Å². The molecule has 38 heavy (non-hydrogen) atoms. The van der Waals surface area contributed by atoms with Crippen LogP contribution in [0, 0.1) is 18.8 Å². The van der Waals surface area contributed by atoms with Crippen molar-refractivity contribution in [1.82, 2.24) is 9.80 Å². The number of aliphatic hydroxyl groups excluding tert-OH is 1. The van der Waals surface area contributed by atoms with Crippen LogP contribution in [0.3, 0.4) is 0 Å². The van der Waals surface area contributed by atoms with E-state index >= 15 is 0 Å². The zero-order chi connectivity index (χ0) is 27.6. The number of carbonyl (C=O) groups excluding carboxylic acids is 3. The Bertz CT molecular complexity index is 1090. The van der Waals surface area contributed by atoms with E-state index in [1.54, 1.807) is 51.7 Å². The number of hydrogen-bond donors (Lipinski definition) is 1. The number of likely N-dealkylation sites (tertiary alicyclic amines) is 1. The third-order valence-corrected chi connectivity index (χ3v) is 10.4. The number of likely N-dealkylation sites (N-methyl/N-ethyl adjacent to an activating group) is 1. The minimum atomic E-state index is -0.706. The molecular weight excluding hydrogens is 522 g/mol. The van der Waals surface area contributed by atoms with E-state index in [9.17, 15) is 19.5 Å². The molecule has 0 aromatic heterocycles. The Morgan fingerprint density at radius 1 is 1.21 bits per heavy atom. The number of hydrogen-bond acceptors (Lipinski definition) is 5. The first-order valence-electron chi connectivity index (χ1n) is 13.4. The van der Waals surface area contributed by atoms with E-state index in [1.165, 1.54) is 0 Å². The van der Waals surface area contributed by atoms with Crippen molar-refractivity contribution in [3.8, 4) is 0 Å². The summed E-state index contributed by atoms with van der Waals surface area (Å²) in [6, 6.07) is 4.82. The molecule has 0 aliphatic carbocycles. The lowest BCUT2D eigenvalue weighted by Crippen LogP contribution is -2.55. The number of carbonyl (C=O) groups is 3. The molecule has 3 aliphatic heterocycles. The molecule has 9 heteroatoms. The van der Waals surface area contributed by atoms with Gasteiger partial charge in [0, 0.05) is 38.5 Å². The number of halogens is 1. The van der Waals surface area contributed by atoms with Crippen LogP contribution in [0.1, 0.15) is 37.7 Å². The molecule has 206 valence electrons. The van der Waals surface area contributed by atoms with Crippen LogP contribution in [-0.2, 0) is 14.4 Å². The van der Waals surface area contributed by atoms with Crippen LogP contribution >= 0.6 is 23.4 Å². The van der Waals surface area contributed by atoms with Gasteiger partial charge in [-0.1, -0.05) is 35.9 Å². The van der Waals surface area contributed by atoms with E-state index in [2.05, 4.69) is 13.2 Å². The molecule has 3 amide bonds. The molecule has 1 spiro atoms. The Morgan fingerprint density at radius 2 is 1.95 bits per heavy atom.